The van der Waals surface area contributed by atoms with Gasteiger partial charge in [-0.3, -0.25) is 4.79 Å². The molecule has 2 nitrogen and oxygen atoms in total. The van der Waals surface area contributed by atoms with Crippen LogP contribution in [-0.4, -0.2) is 12.5 Å². The number of hydrogen-bond acceptors (Lipinski definition) is 1. The summed E-state index contributed by atoms with van der Waals surface area (Å²) in [6.07, 6.45) is 38.1. The van der Waals surface area contributed by atoms with Gasteiger partial charge in [-0.15, -0.1) is 0 Å². The Morgan fingerprint density at radius 3 is 1.82 bits per heavy atom. The summed E-state index contributed by atoms with van der Waals surface area (Å²) >= 11 is 0. The van der Waals surface area contributed by atoms with Crippen LogP contribution >= 0.6 is 0 Å². The van der Waals surface area contributed by atoms with Gasteiger partial charge in [0, 0.05) is 18.9 Å². The van der Waals surface area contributed by atoms with Crippen molar-refractivity contribution in [2.24, 2.45) is 5.92 Å². The number of carbonyl (C=O) groups excluding carboxylic acids is 1. The maximum Gasteiger partial charge on any atom is 0.220 e. The predicted molar refractivity (Wildman–Crippen MR) is 199 cm³/mol. The lowest BCUT2D eigenvalue weighted by molar-refractivity contribution is -0.121. The average Bonchev–Trinajstić information content (AvgIpc) is 3.69. The highest BCUT2D eigenvalue weighted by molar-refractivity contribution is 5.79. The highest BCUT2D eigenvalue weighted by Crippen LogP contribution is 2.41. The SMILES string of the molecule is C=C(CC1CCCC1)c1ccc2c(c1)C(CCNC(=O)CCCCCCCCCCCCCCCCCCCCC)=CC2CC. The molecule has 0 heterocycles. The van der Waals surface area contributed by atoms with Crippen LogP contribution in [0.25, 0.3) is 11.1 Å². The molecule has 2 aliphatic rings. The number of amides is 1. The summed E-state index contributed by atoms with van der Waals surface area (Å²) in [5, 5.41) is 3.22. The van der Waals surface area contributed by atoms with E-state index in [0.29, 0.717) is 12.3 Å². The molecule has 1 unspecified atom stereocenters. The highest BCUT2D eigenvalue weighted by Gasteiger charge is 2.23. The summed E-state index contributed by atoms with van der Waals surface area (Å²) in [5.74, 6) is 1.56. The predicted octanol–water partition coefficient (Wildman–Crippen LogP) is 13.5. The minimum Gasteiger partial charge on any atom is -0.356 e. The molecule has 45 heavy (non-hydrogen) atoms. The van der Waals surface area contributed by atoms with Crippen LogP contribution in [0.15, 0.2) is 30.9 Å². The Kier molecular flexibility index (Phi) is 19.6. The molecule has 2 aliphatic carbocycles. The number of benzene rings is 1. The first-order valence-corrected chi connectivity index (χ1v) is 19.9. The fourth-order valence-corrected chi connectivity index (χ4v) is 7.83. The summed E-state index contributed by atoms with van der Waals surface area (Å²) in [7, 11) is 0. The van der Waals surface area contributed by atoms with Gasteiger partial charge in [0.15, 0.2) is 0 Å². The maximum atomic E-state index is 12.5. The Morgan fingerprint density at radius 2 is 1.29 bits per heavy atom. The lowest BCUT2D eigenvalue weighted by Crippen LogP contribution is -2.24. The van der Waals surface area contributed by atoms with Crippen molar-refractivity contribution in [2.45, 2.75) is 193 Å². The monoisotopic (exact) mass is 618 g/mol. The van der Waals surface area contributed by atoms with Crippen LogP contribution in [0.5, 0.6) is 0 Å². The second-order valence-corrected chi connectivity index (χ2v) is 14.7. The molecule has 0 radical (unpaired) electrons. The molecular formula is C43H71NO. The van der Waals surface area contributed by atoms with Crippen molar-refractivity contribution < 1.29 is 4.79 Å². The van der Waals surface area contributed by atoms with Crippen LogP contribution in [0.4, 0.5) is 0 Å². The summed E-state index contributed by atoms with van der Waals surface area (Å²) in [6.45, 7) is 9.79. The van der Waals surface area contributed by atoms with Gasteiger partial charge >= 0.3 is 0 Å². The second kappa shape index (κ2) is 23.5. The summed E-state index contributed by atoms with van der Waals surface area (Å²) in [5.41, 5.74) is 6.90. The fraction of sp³-hybridized carbons (Fsp3) is 0.744. The van der Waals surface area contributed by atoms with E-state index in [1.165, 1.54) is 169 Å². The molecule has 0 aromatic heterocycles. The molecule has 0 spiro atoms. The Labute approximate surface area is 279 Å². The molecule has 0 saturated heterocycles. The number of nitrogens with one attached hydrogen (secondary N) is 1. The smallest absolute Gasteiger partial charge is 0.220 e. The molecule has 1 fully saturated rings. The first-order valence-electron chi connectivity index (χ1n) is 19.9. The zero-order chi connectivity index (χ0) is 32.0. The molecule has 0 aliphatic heterocycles. The van der Waals surface area contributed by atoms with Crippen molar-refractivity contribution in [3.05, 3.63) is 47.5 Å². The normalized spacial score (nSPS) is 16.2. The number of carbonyl (C=O) groups is 1. The lowest BCUT2D eigenvalue weighted by Gasteiger charge is -2.15. The summed E-state index contributed by atoms with van der Waals surface area (Å²) in [4.78, 5) is 12.5. The largest absolute Gasteiger partial charge is 0.356 e. The van der Waals surface area contributed by atoms with E-state index < -0.39 is 0 Å². The highest BCUT2D eigenvalue weighted by atomic mass is 16.1. The number of fused-ring (bicyclic) bond motifs is 1. The van der Waals surface area contributed by atoms with Gasteiger partial charge in [0.25, 0.3) is 0 Å². The van der Waals surface area contributed by atoms with E-state index >= 15 is 0 Å². The van der Waals surface area contributed by atoms with Crippen molar-refractivity contribution in [1.82, 2.24) is 5.32 Å². The summed E-state index contributed by atoms with van der Waals surface area (Å²) in [6, 6.07) is 7.05. The third kappa shape index (κ3) is 15.1. The van der Waals surface area contributed by atoms with Crippen molar-refractivity contribution in [1.29, 1.82) is 0 Å². The minimum atomic E-state index is 0.228. The third-order valence-corrected chi connectivity index (χ3v) is 10.8. The van der Waals surface area contributed by atoms with Crippen LogP contribution in [0.1, 0.15) is 210 Å². The van der Waals surface area contributed by atoms with Gasteiger partial charge in [0.05, 0.1) is 0 Å². The molecule has 1 aromatic rings. The van der Waals surface area contributed by atoms with E-state index in [0.717, 1.165) is 38.1 Å². The van der Waals surface area contributed by atoms with Crippen molar-refractivity contribution >= 4 is 17.1 Å². The van der Waals surface area contributed by atoms with E-state index in [4.69, 9.17) is 0 Å². The number of rotatable bonds is 27. The van der Waals surface area contributed by atoms with Gasteiger partial charge in [-0.05, 0) is 65.5 Å². The van der Waals surface area contributed by atoms with Crippen LogP contribution in [0, 0.1) is 5.92 Å². The molecule has 0 bridgehead atoms. The van der Waals surface area contributed by atoms with E-state index in [1.807, 2.05) is 0 Å². The average molecular weight is 618 g/mol. The molecule has 2 heteroatoms. The number of allylic oxidation sites excluding steroid dienone is 2. The first kappa shape index (κ1) is 37.6. The molecule has 1 aromatic carbocycles. The molecule has 1 saturated carbocycles. The van der Waals surface area contributed by atoms with Crippen LogP contribution < -0.4 is 5.32 Å². The van der Waals surface area contributed by atoms with Gasteiger partial charge < -0.3 is 5.32 Å². The van der Waals surface area contributed by atoms with Gasteiger partial charge in [-0.2, -0.15) is 0 Å². The number of unbranched alkanes of at least 4 members (excludes halogenated alkanes) is 18. The third-order valence-electron chi connectivity index (χ3n) is 10.8. The van der Waals surface area contributed by atoms with Crippen LogP contribution in [-0.2, 0) is 4.79 Å². The Balaban J connectivity index is 1.16. The standard InChI is InChI=1S/C43H71NO/c1-4-6-7-8-9-10-11-12-13-14-15-16-17-18-19-20-21-22-23-28-43(45)44-32-31-40-34-38(5-2)41-30-29-39(35-42(40)41)36(3)33-37-26-24-25-27-37/h29-30,34-35,37-38H,3-28,31-33H2,1-2H3,(H,44,45). The summed E-state index contributed by atoms with van der Waals surface area (Å²) < 4.78 is 0. The Bertz CT molecular complexity index is 984. The van der Waals surface area contributed by atoms with Crippen molar-refractivity contribution in [2.75, 3.05) is 6.54 Å². The molecule has 1 N–H and O–H groups in total. The van der Waals surface area contributed by atoms with Gasteiger partial charge in [0.2, 0.25) is 5.91 Å². The first-order chi connectivity index (χ1) is 22.1. The second-order valence-electron chi connectivity index (χ2n) is 14.7. The number of hydrogen-bond donors (Lipinski definition) is 1. The minimum absolute atomic E-state index is 0.228. The van der Waals surface area contributed by atoms with Gasteiger partial charge in [-0.1, -0.05) is 180 Å². The Hall–Kier alpha value is -1.83. The van der Waals surface area contributed by atoms with Gasteiger partial charge in [-0.25, -0.2) is 0 Å². The molecule has 254 valence electrons. The fourth-order valence-electron chi connectivity index (χ4n) is 7.83. The van der Waals surface area contributed by atoms with Crippen LogP contribution in [0.3, 0.4) is 0 Å². The maximum absolute atomic E-state index is 12.5. The van der Waals surface area contributed by atoms with Crippen LogP contribution in [0.2, 0.25) is 0 Å². The quantitative estimate of drug-likeness (QED) is 0.0978. The zero-order valence-corrected chi connectivity index (χ0v) is 29.9. The van der Waals surface area contributed by atoms with Crippen molar-refractivity contribution in [3.63, 3.8) is 0 Å². The topological polar surface area (TPSA) is 29.1 Å². The van der Waals surface area contributed by atoms with Crippen molar-refractivity contribution in [3.8, 4) is 0 Å². The molecule has 1 amide bonds. The lowest BCUT2D eigenvalue weighted by atomic mass is 9.90. The zero-order valence-electron chi connectivity index (χ0n) is 29.9. The van der Waals surface area contributed by atoms with E-state index in [2.05, 4.69) is 50.0 Å². The van der Waals surface area contributed by atoms with E-state index in [9.17, 15) is 4.79 Å². The van der Waals surface area contributed by atoms with E-state index in [1.54, 1.807) is 0 Å². The van der Waals surface area contributed by atoms with E-state index in [-0.39, 0.29) is 5.91 Å². The molecule has 3 rings (SSSR count). The molecule has 1 atom stereocenters. The molecular weight excluding hydrogens is 546 g/mol. The van der Waals surface area contributed by atoms with Gasteiger partial charge in [0.1, 0.15) is 0 Å². The Morgan fingerprint density at radius 1 is 0.756 bits per heavy atom.